The van der Waals surface area contributed by atoms with E-state index in [4.69, 9.17) is 0 Å². The molecule has 1 aliphatic rings. The predicted molar refractivity (Wildman–Crippen MR) is 53.2 cm³/mol. The zero-order chi connectivity index (χ0) is 9.84. The lowest BCUT2D eigenvalue weighted by molar-refractivity contribution is -0.136. The summed E-state index contributed by atoms with van der Waals surface area (Å²) in [5.41, 5.74) is 0. The van der Waals surface area contributed by atoms with Crippen molar-refractivity contribution in [2.45, 2.75) is 26.3 Å². The fourth-order valence-corrected chi connectivity index (χ4v) is 1.70. The molecule has 1 N–H and O–H groups in total. The van der Waals surface area contributed by atoms with Crippen molar-refractivity contribution in [1.29, 1.82) is 0 Å². The number of carbonyl (C=O) groups is 1. The summed E-state index contributed by atoms with van der Waals surface area (Å²) in [5, 5.41) is 3.30. The monoisotopic (exact) mass is 183 g/mol. The maximum Gasteiger partial charge on any atom is 0.225 e. The van der Waals surface area contributed by atoms with Crippen LogP contribution in [0.25, 0.3) is 0 Å². The average Bonchev–Trinajstić information content (AvgIpc) is 2.16. The third kappa shape index (κ3) is 2.44. The molecule has 2 unspecified atom stereocenters. The lowest BCUT2D eigenvalue weighted by Gasteiger charge is -2.36. The van der Waals surface area contributed by atoms with Crippen molar-refractivity contribution in [2.24, 2.45) is 5.92 Å². The summed E-state index contributed by atoms with van der Waals surface area (Å²) in [6, 6.07) is 0.366. The fraction of sp³-hybridized carbons (Fsp3) is 0.800. The smallest absolute Gasteiger partial charge is 0.225 e. The number of nitrogens with zero attached hydrogens (tertiary/aromatic N) is 1. The van der Waals surface area contributed by atoms with Crippen molar-refractivity contribution < 1.29 is 4.79 Å². The highest BCUT2D eigenvalue weighted by atomic mass is 16.2. The van der Waals surface area contributed by atoms with Gasteiger partial charge >= 0.3 is 0 Å². The highest BCUT2D eigenvalue weighted by Crippen LogP contribution is 2.10. The quantitative estimate of drug-likeness (QED) is 0.682. The lowest BCUT2D eigenvalue weighted by Crippen LogP contribution is -2.54. The summed E-state index contributed by atoms with van der Waals surface area (Å²) in [5.74, 6) is 0.0699. The van der Waals surface area contributed by atoms with Crippen LogP contribution in [0.3, 0.4) is 0 Å². The summed E-state index contributed by atoms with van der Waals surface area (Å²) in [6.45, 7) is 10.4. The van der Waals surface area contributed by atoms with Gasteiger partial charge in [-0.2, -0.15) is 0 Å². The number of nitrogens with one attached hydrogen (secondary N) is 1. The Morgan fingerprint density at radius 2 is 2.46 bits per heavy atom. The minimum absolute atomic E-state index is 0.118. The van der Waals surface area contributed by atoms with Gasteiger partial charge in [-0.15, -0.1) is 0 Å². The Kier molecular flexibility index (Phi) is 3.72. The standard InChI is InChI=1S/C10H19N2O/c1-4-9-7-11-5-6-12(9)10(13)8(2)3/h8-9,11H,2,4-7H2,1,3H3. The van der Waals surface area contributed by atoms with Gasteiger partial charge in [0, 0.05) is 31.6 Å². The molecule has 0 saturated carbocycles. The van der Waals surface area contributed by atoms with Crippen molar-refractivity contribution in [1.82, 2.24) is 10.2 Å². The van der Waals surface area contributed by atoms with Crippen molar-refractivity contribution in [3.63, 3.8) is 0 Å². The topological polar surface area (TPSA) is 32.3 Å². The maximum atomic E-state index is 11.7. The van der Waals surface area contributed by atoms with Crippen LogP contribution < -0.4 is 5.32 Å². The number of rotatable bonds is 2. The van der Waals surface area contributed by atoms with Gasteiger partial charge in [-0.25, -0.2) is 0 Å². The first-order valence-electron chi connectivity index (χ1n) is 5.01. The van der Waals surface area contributed by atoms with Gasteiger partial charge in [0.1, 0.15) is 0 Å². The first kappa shape index (κ1) is 10.5. The van der Waals surface area contributed by atoms with Crippen molar-refractivity contribution in [3.8, 4) is 0 Å². The summed E-state index contributed by atoms with van der Waals surface area (Å²) >= 11 is 0. The van der Waals surface area contributed by atoms with E-state index in [1.54, 1.807) is 0 Å². The van der Waals surface area contributed by atoms with Crippen LogP contribution in [-0.2, 0) is 4.79 Å². The van der Waals surface area contributed by atoms with Crippen LogP contribution in [0.2, 0.25) is 0 Å². The molecule has 75 valence electrons. The first-order valence-corrected chi connectivity index (χ1v) is 5.01. The summed E-state index contributed by atoms with van der Waals surface area (Å²) < 4.78 is 0. The van der Waals surface area contributed by atoms with Crippen LogP contribution in [0.5, 0.6) is 0 Å². The number of hydrogen-bond acceptors (Lipinski definition) is 2. The second-order valence-corrected chi connectivity index (χ2v) is 3.70. The maximum absolute atomic E-state index is 11.7. The van der Waals surface area contributed by atoms with Crippen molar-refractivity contribution in [3.05, 3.63) is 6.92 Å². The molecule has 1 rings (SSSR count). The molecule has 1 saturated heterocycles. The van der Waals surface area contributed by atoms with E-state index in [0.717, 1.165) is 26.1 Å². The fourth-order valence-electron chi connectivity index (χ4n) is 1.70. The van der Waals surface area contributed by atoms with Crippen molar-refractivity contribution >= 4 is 5.91 Å². The summed E-state index contributed by atoms with van der Waals surface area (Å²) in [7, 11) is 0. The lowest BCUT2D eigenvalue weighted by atomic mass is 10.1. The van der Waals surface area contributed by atoms with Crippen LogP contribution in [0, 0.1) is 12.8 Å². The largest absolute Gasteiger partial charge is 0.337 e. The number of amides is 1. The normalized spacial score (nSPS) is 23.7. The Morgan fingerprint density at radius 1 is 1.77 bits per heavy atom. The average molecular weight is 183 g/mol. The zero-order valence-corrected chi connectivity index (χ0v) is 8.55. The van der Waals surface area contributed by atoms with Gasteiger partial charge in [-0.3, -0.25) is 4.79 Å². The molecule has 1 radical (unpaired) electrons. The molecule has 1 fully saturated rings. The van der Waals surface area contributed by atoms with E-state index in [9.17, 15) is 4.79 Å². The van der Waals surface area contributed by atoms with Gasteiger partial charge in [0.2, 0.25) is 5.91 Å². The van der Waals surface area contributed by atoms with E-state index in [-0.39, 0.29) is 11.8 Å². The van der Waals surface area contributed by atoms with Crippen LogP contribution in [0.1, 0.15) is 20.3 Å². The Morgan fingerprint density at radius 3 is 3.00 bits per heavy atom. The SMILES string of the molecule is [CH2]C(C)C(=O)N1CCNCC1CC. The third-order valence-corrected chi connectivity index (χ3v) is 2.53. The van der Waals surface area contributed by atoms with Gasteiger partial charge in [0.25, 0.3) is 0 Å². The minimum atomic E-state index is -0.118. The molecular formula is C10H19N2O. The molecule has 0 bridgehead atoms. The van der Waals surface area contributed by atoms with Crippen LogP contribution in [0.15, 0.2) is 0 Å². The molecule has 0 aromatic heterocycles. The molecule has 3 heteroatoms. The highest BCUT2D eigenvalue weighted by molar-refractivity contribution is 5.79. The zero-order valence-electron chi connectivity index (χ0n) is 8.55. The van der Waals surface area contributed by atoms with Crippen LogP contribution >= 0.6 is 0 Å². The molecule has 0 spiro atoms. The molecule has 2 atom stereocenters. The molecule has 13 heavy (non-hydrogen) atoms. The van der Waals surface area contributed by atoms with Gasteiger partial charge in [-0.1, -0.05) is 13.8 Å². The molecule has 1 aliphatic heterocycles. The summed E-state index contributed by atoms with van der Waals surface area (Å²) in [4.78, 5) is 13.7. The van der Waals surface area contributed by atoms with Gasteiger partial charge in [0.05, 0.1) is 0 Å². The van der Waals surface area contributed by atoms with E-state index in [1.807, 2.05) is 11.8 Å². The molecule has 3 nitrogen and oxygen atoms in total. The van der Waals surface area contributed by atoms with Gasteiger partial charge in [0.15, 0.2) is 0 Å². The van der Waals surface area contributed by atoms with Gasteiger partial charge in [-0.05, 0) is 13.3 Å². The Labute approximate surface area is 80.5 Å². The molecule has 1 heterocycles. The molecule has 0 aromatic rings. The minimum Gasteiger partial charge on any atom is -0.337 e. The highest BCUT2D eigenvalue weighted by Gasteiger charge is 2.26. The second-order valence-electron chi connectivity index (χ2n) is 3.70. The molecule has 0 aliphatic carbocycles. The Bertz CT molecular complexity index is 180. The molecular weight excluding hydrogens is 164 g/mol. The molecule has 0 aromatic carbocycles. The van der Waals surface area contributed by atoms with E-state index < -0.39 is 0 Å². The summed E-state index contributed by atoms with van der Waals surface area (Å²) in [6.07, 6.45) is 1.02. The van der Waals surface area contributed by atoms with E-state index in [2.05, 4.69) is 19.2 Å². The van der Waals surface area contributed by atoms with Gasteiger partial charge < -0.3 is 10.2 Å². The van der Waals surface area contributed by atoms with Crippen LogP contribution in [-0.4, -0.2) is 36.5 Å². The number of hydrogen-bond donors (Lipinski definition) is 1. The molecule has 1 amide bonds. The number of piperazine rings is 1. The second kappa shape index (κ2) is 4.61. The first-order chi connectivity index (χ1) is 6.16. The van der Waals surface area contributed by atoms with Crippen molar-refractivity contribution in [2.75, 3.05) is 19.6 Å². The predicted octanol–water partition coefficient (Wildman–Crippen LogP) is 0.667. The third-order valence-electron chi connectivity index (χ3n) is 2.53. The van der Waals surface area contributed by atoms with Crippen LogP contribution in [0.4, 0.5) is 0 Å². The Hall–Kier alpha value is -0.570. The van der Waals surface area contributed by atoms with E-state index in [0.29, 0.717) is 6.04 Å². The van der Waals surface area contributed by atoms with E-state index in [1.165, 1.54) is 0 Å². The van der Waals surface area contributed by atoms with E-state index >= 15 is 0 Å². The number of carbonyl (C=O) groups excluding carboxylic acids is 1. The Balaban J connectivity index is 2.58.